The number of carbonyl (C=O) groups excluding carboxylic acids is 2. The van der Waals surface area contributed by atoms with Crippen molar-refractivity contribution in [2.24, 2.45) is 11.1 Å². The summed E-state index contributed by atoms with van der Waals surface area (Å²) >= 11 is 0. The molecule has 3 nitrogen and oxygen atoms in total. The van der Waals surface area contributed by atoms with Gasteiger partial charge >= 0.3 is 0 Å². The maximum absolute atomic E-state index is 10.1. The van der Waals surface area contributed by atoms with Gasteiger partial charge < -0.3 is 10.5 Å². The first-order valence-corrected chi connectivity index (χ1v) is 2.65. The molecule has 0 aliphatic rings. The molecule has 0 saturated heterocycles. The Balaban J connectivity index is 4.11. The molecule has 0 saturated carbocycles. The Kier molecular flexibility index (Phi) is 2.52. The molecule has 0 aliphatic heterocycles. The van der Waals surface area contributed by atoms with Gasteiger partial charge in [-0.05, 0) is 0 Å². The van der Waals surface area contributed by atoms with E-state index in [-0.39, 0.29) is 0 Å². The van der Waals surface area contributed by atoms with Crippen LogP contribution >= 0.6 is 0 Å². The number of hydrogen-bond acceptors (Lipinski definition) is 3. The van der Waals surface area contributed by atoms with E-state index in [0.717, 1.165) is 0 Å². The van der Waals surface area contributed by atoms with Gasteiger partial charge in [0.2, 0.25) is 6.29 Å². The van der Waals surface area contributed by atoms with Crippen LogP contribution in [-0.2, 0) is 9.59 Å². The smallest absolute Gasteiger partial charge is 0.206 e. The summed E-state index contributed by atoms with van der Waals surface area (Å²) < 4.78 is 0. The molecule has 0 spiro atoms. The van der Waals surface area contributed by atoms with Crippen molar-refractivity contribution in [3.8, 4) is 0 Å². The summed E-state index contributed by atoms with van der Waals surface area (Å²) in [5.41, 5.74) is 4.39. The van der Waals surface area contributed by atoms with Gasteiger partial charge in [-0.2, -0.15) is 0 Å². The molecule has 0 aromatic carbocycles. The van der Waals surface area contributed by atoms with Crippen molar-refractivity contribution in [1.82, 2.24) is 0 Å². The summed E-state index contributed by atoms with van der Waals surface area (Å²) in [5, 5.41) is 0. The lowest BCUT2D eigenvalue weighted by molar-refractivity contribution is -0.110. The third kappa shape index (κ3) is 1.93. The molecule has 0 bridgehead atoms. The van der Waals surface area contributed by atoms with Crippen molar-refractivity contribution in [3.05, 3.63) is 0 Å². The molecule has 0 aliphatic carbocycles. The fraction of sp³-hybridized carbons (Fsp3) is 0.667. The standard InChI is InChI=1S/C6H10NO2/c1-6(2,4-9)5(7)3-8/h3,5H,7H2,1-2H3. The van der Waals surface area contributed by atoms with Crippen molar-refractivity contribution in [3.63, 3.8) is 0 Å². The quantitative estimate of drug-likeness (QED) is 0.528. The van der Waals surface area contributed by atoms with Crippen molar-refractivity contribution in [1.29, 1.82) is 0 Å². The zero-order valence-electron chi connectivity index (χ0n) is 5.55. The first kappa shape index (κ1) is 8.30. The SMILES string of the molecule is CC(C)([C]=O)C(N)C=O. The first-order chi connectivity index (χ1) is 4.04. The van der Waals surface area contributed by atoms with Gasteiger partial charge in [0.05, 0.1) is 11.5 Å². The van der Waals surface area contributed by atoms with Crippen LogP contribution < -0.4 is 5.73 Å². The summed E-state index contributed by atoms with van der Waals surface area (Å²) in [6.07, 6.45) is 2.23. The van der Waals surface area contributed by atoms with Crippen molar-refractivity contribution in [2.45, 2.75) is 19.9 Å². The van der Waals surface area contributed by atoms with E-state index in [2.05, 4.69) is 0 Å². The summed E-state index contributed by atoms with van der Waals surface area (Å²) in [7, 11) is 0. The van der Waals surface area contributed by atoms with Crippen LogP contribution in [0.1, 0.15) is 13.8 Å². The van der Waals surface area contributed by atoms with Crippen LogP contribution in [0.2, 0.25) is 0 Å². The fourth-order valence-electron chi connectivity index (χ4n) is 0.238. The lowest BCUT2D eigenvalue weighted by Gasteiger charge is -2.18. The van der Waals surface area contributed by atoms with E-state index in [4.69, 9.17) is 5.73 Å². The summed E-state index contributed by atoms with van der Waals surface area (Å²) in [5.74, 6) is 0. The zero-order valence-corrected chi connectivity index (χ0v) is 5.55. The van der Waals surface area contributed by atoms with Gasteiger partial charge in [0.1, 0.15) is 6.29 Å². The maximum atomic E-state index is 10.1. The fourth-order valence-corrected chi connectivity index (χ4v) is 0.238. The number of nitrogens with two attached hydrogens (primary N) is 1. The summed E-state index contributed by atoms with van der Waals surface area (Å²) in [4.78, 5) is 20.1. The molecule has 1 unspecified atom stereocenters. The normalized spacial score (nSPS) is 14.6. The Bertz CT molecular complexity index is 120. The molecule has 3 heteroatoms. The van der Waals surface area contributed by atoms with E-state index >= 15 is 0 Å². The van der Waals surface area contributed by atoms with Crippen molar-refractivity contribution in [2.75, 3.05) is 0 Å². The third-order valence-electron chi connectivity index (χ3n) is 1.24. The van der Waals surface area contributed by atoms with E-state index in [1.165, 1.54) is 0 Å². The largest absolute Gasteiger partial charge is 0.321 e. The van der Waals surface area contributed by atoms with Gasteiger partial charge in [0, 0.05) is 0 Å². The molecule has 0 fully saturated rings. The molecule has 2 N–H and O–H groups in total. The Morgan fingerprint density at radius 2 is 2.11 bits per heavy atom. The van der Waals surface area contributed by atoms with Gasteiger partial charge in [-0.15, -0.1) is 0 Å². The van der Waals surface area contributed by atoms with Crippen molar-refractivity contribution >= 4 is 12.6 Å². The van der Waals surface area contributed by atoms with Crippen LogP contribution in [0.4, 0.5) is 0 Å². The van der Waals surface area contributed by atoms with Gasteiger partial charge in [0.15, 0.2) is 0 Å². The Hall–Kier alpha value is -0.700. The minimum absolute atomic E-state index is 0.547. The second-order valence-corrected chi connectivity index (χ2v) is 2.49. The average molecular weight is 128 g/mol. The predicted octanol–water partition coefficient (Wildman–Crippen LogP) is -0.352. The Morgan fingerprint density at radius 3 is 2.22 bits per heavy atom. The van der Waals surface area contributed by atoms with Crippen LogP contribution in [-0.4, -0.2) is 18.6 Å². The molecular weight excluding hydrogens is 118 g/mol. The number of hydrogen-bond donors (Lipinski definition) is 1. The number of rotatable bonds is 3. The van der Waals surface area contributed by atoms with Crippen LogP contribution in [0, 0.1) is 5.41 Å². The molecule has 9 heavy (non-hydrogen) atoms. The highest BCUT2D eigenvalue weighted by atomic mass is 16.1. The lowest BCUT2D eigenvalue weighted by Crippen LogP contribution is -2.39. The summed E-state index contributed by atoms with van der Waals surface area (Å²) in [6, 6.07) is -0.741. The van der Waals surface area contributed by atoms with E-state index < -0.39 is 11.5 Å². The highest BCUT2D eigenvalue weighted by Gasteiger charge is 2.25. The molecule has 0 amide bonds. The van der Waals surface area contributed by atoms with Gasteiger partial charge in [-0.1, -0.05) is 13.8 Å². The number of aldehydes is 1. The maximum Gasteiger partial charge on any atom is 0.206 e. The van der Waals surface area contributed by atoms with E-state index in [9.17, 15) is 9.59 Å². The van der Waals surface area contributed by atoms with E-state index in [1.807, 2.05) is 0 Å². The molecule has 51 valence electrons. The summed E-state index contributed by atoms with van der Waals surface area (Å²) in [6.45, 7) is 3.14. The predicted molar refractivity (Wildman–Crippen MR) is 33.5 cm³/mol. The molecule has 1 radical (unpaired) electrons. The topological polar surface area (TPSA) is 60.2 Å². The van der Waals surface area contributed by atoms with Crippen LogP contribution in [0.15, 0.2) is 0 Å². The highest BCUT2D eigenvalue weighted by molar-refractivity contribution is 5.71. The first-order valence-electron chi connectivity index (χ1n) is 2.65. The van der Waals surface area contributed by atoms with Gasteiger partial charge in [-0.3, -0.25) is 4.79 Å². The third-order valence-corrected chi connectivity index (χ3v) is 1.24. The molecule has 0 heterocycles. The average Bonchev–Trinajstić information content (AvgIpc) is 1.86. The lowest BCUT2D eigenvalue weighted by atomic mass is 9.88. The minimum Gasteiger partial charge on any atom is -0.321 e. The second-order valence-electron chi connectivity index (χ2n) is 2.49. The Labute approximate surface area is 54.2 Å². The highest BCUT2D eigenvalue weighted by Crippen LogP contribution is 2.12. The molecule has 0 aromatic rings. The minimum atomic E-state index is -0.845. The van der Waals surface area contributed by atoms with Crippen molar-refractivity contribution < 1.29 is 9.59 Å². The van der Waals surface area contributed by atoms with Gasteiger partial charge in [0.25, 0.3) is 0 Å². The number of carbonyl (C=O) groups is 1. The molecular formula is C6H10NO2. The second kappa shape index (κ2) is 2.73. The van der Waals surface area contributed by atoms with E-state index in [0.29, 0.717) is 6.29 Å². The molecule has 0 aromatic heterocycles. The molecule has 0 rings (SSSR count). The van der Waals surface area contributed by atoms with Crippen LogP contribution in [0.25, 0.3) is 0 Å². The van der Waals surface area contributed by atoms with Gasteiger partial charge in [-0.25, -0.2) is 0 Å². The van der Waals surface area contributed by atoms with Crippen LogP contribution in [0.3, 0.4) is 0 Å². The monoisotopic (exact) mass is 128 g/mol. The van der Waals surface area contributed by atoms with Crippen LogP contribution in [0.5, 0.6) is 0 Å². The Morgan fingerprint density at radius 1 is 1.67 bits per heavy atom. The van der Waals surface area contributed by atoms with E-state index in [1.54, 1.807) is 20.1 Å². The zero-order chi connectivity index (χ0) is 7.49. The molecule has 1 atom stereocenters.